The highest BCUT2D eigenvalue weighted by Crippen LogP contribution is 2.36. The van der Waals surface area contributed by atoms with Crippen molar-refractivity contribution in [2.75, 3.05) is 38.5 Å². The van der Waals surface area contributed by atoms with Gasteiger partial charge in [0.2, 0.25) is 11.8 Å². The molecular formula is C24H26FN5O5S. The van der Waals surface area contributed by atoms with Crippen molar-refractivity contribution in [3.63, 3.8) is 0 Å². The van der Waals surface area contributed by atoms with Crippen LogP contribution in [0.3, 0.4) is 0 Å². The predicted molar refractivity (Wildman–Crippen MR) is 133 cm³/mol. The van der Waals surface area contributed by atoms with E-state index < -0.39 is 10.1 Å². The average Bonchev–Trinajstić information content (AvgIpc) is 3.20. The van der Waals surface area contributed by atoms with Crippen molar-refractivity contribution in [3.05, 3.63) is 71.9 Å². The second-order valence-electron chi connectivity index (χ2n) is 8.29. The molecule has 0 spiro atoms. The van der Waals surface area contributed by atoms with E-state index in [2.05, 4.69) is 26.1 Å². The van der Waals surface area contributed by atoms with E-state index in [1.807, 2.05) is 34.9 Å². The van der Waals surface area contributed by atoms with Crippen LogP contribution in [-0.4, -0.2) is 66.3 Å². The van der Waals surface area contributed by atoms with Gasteiger partial charge in [0.05, 0.1) is 25.2 Å². The fraction of sp³-hybridized carbons (Fsp3) is 0.292. The minimum atomic E-state index is -3.67. The smallest absolute Gasteiger partial charge is 0.261 e. The molecule has 0 radical (unpaired) electrons. The summed E-state index contributed by atoms with van der Waals surface area (Å²) in [5.74, 6) is 2.11. The molecule has 0 atom stereocenters. The number of hydrogen-bond acceptors (Lipinski definition) is 8. The fourth-order valence-electron chi connectivity index (χ4n) is 4.10. The second-order valence-corrected chi connectivity index (χ2v) is 9.76. The normalized spacial score (nSPS) is 13.8. The van der Waals surface area contributed by atoms with Crippen molar-refractivity contribution in [2.24, 2.45) is 0 Å². The number of nitrogens with zero attached hydrogens (tertiary/aromatic N) is 5. The zero-order valence-corrected chi connectivity index (χ0v) is 20.8. The van der Waals surface area contributed by atoms with E-state index in [1.54, 1.807) is 26.5 Å². The van der Waals surface area contributed by atoms with Gasteiger partial charge in [0.15, 0.2) is 5.82 Å². The van der Waals surface area contributed by atoms with E-state index in [9.17, 15) is 12.8 Å². The molecule has 5 rings (SSSR count). The standard InChI is InChI=1S/C23H22FN5O2.CH4O3S/c1-30-14-21-26-27-23(29(21)18-7-9-22(31-2)25-11-18)28-12-16(13-28)19-5-3-4-15-10-17(24)6-8-20(15)19;1-5(2,3)4/h3-11,16H,12-14H2,1-2H3;1H3,(H,2,3,4). The Morgan fingerprint density at radius 3 is 2.50 bits per heavy atom. The highest BCUT2D eigenvalue weighted by Gasteiger charge is 2.33. The van der Waals surface area contributed by atoms with Gasteiger partial charge in [-0.05, 0) is 34.5 Å². The van der Waals surface area contributed by atoms with Gasteiger partial charge in [0.1, 0.15) is 12.4 Å². The van der Waals surface area contributed by atoms with E-state index in [1.165, 1.54) is 11.6 Å². The lowest BCUT2D eigenvalue weighted by Crippen LogP contribution is -2.46. The second kappa shape index (κ2) is 10.6. The maximum atomic E-state index is 13.6. The maximum Gasteiger partial charge on any atom is 0.261 e. The first-order valence-corrected chi connectivity index (χ1v) is 12.8. The molecule has 1 aliphatic heterocycles. The van der Waals surface area contributed by atoms with Crippen LogP contribution in [0.5, 0.6) is 5.88 Å². The summed E-state index contributed by atoms with van der Waals surface area (Å²) in [6.45, 7) is 1.93. The molecule has 12 heteroatoms. The van der Waals surface area contributed by atoms with Gasteiger partial charge in [0, 0.05) is 32.2 Å². The summed E-state index contributed by atoms with van der Waals surface area (Å²) >= 11 is 0. The lowest BCUT2D eigenvalue weighted by molar-refractivity contribution is 0.176. The van der Waals surface area contributed by atoms with E-state index in [4.69, 9.17) is 14.0 Å². The van der Waals surface area contributed by atoms with Crippen LogP contribution in [0.1, 0.15) is 17.3 Å². The number of benzene rings is 2. The largest absolute Gasteiger partial charge is 0.481 e. The number of fused-ring (bicyclic) bond motifs is 1. The molecule has 10 nitrogen and oxygen atoms in total. The topological polar surface area (TPSA) is 120 Å². The number of pyridine rings is 1. The molecule has 36 heavy (non-hydrogen) atoms. The number of anilines is 1. The molecule has 0 saturated carbocycles. The number of methoxy groups -OCH3 is 2. The van der Waals surface area contributed by atoms with E-state index in [0.29, 0.717) is 30.5 Å². The molecule has 0 unspecified atom stereocenters. The first-order valence-electron chi connectivity index (χ1n) is 11.0. The zero-order chi connectivity index (χ0) is 25.9. The number of aromatic nitrogens is 4. The van der Waals surface area contributed by atoms with Crippen molar-refractivity contribution >= 4 is 26.8 Å². The van der Waals surface area contributed by atoms with E-state index in [-0.39, 0.29) is 5.82 Å². The third-order valence-electron chi connectivity index (χ3n) is 5.65. The molecule has 4 aromatic rings. The first-order chi connectivity index (χ1) is 17.2. The van der Waals surface area contributed by atoms with Gasteiger partial charge in [-0.15, -0.1) is 10.2 Å². The Hall–Kier alpha value is -3.61. The molecule has 1 aliphatic rings. The van der Waals surface area contributed by atoms with Crippen LogP contribution in [0.15, 0.2) is 54.7 Å². The van der Waals surface area contributed by atoms with Gasteiger partial charge in [-0.25, -0.2) is 9.37 Å². The van der Waals surface area contributed by atoms with Crippen LogP contribution < -0.4 is 9.64 Å². The third-order valence-corrected chi connectivity index (χ3v) is 5.65. The Bertz CT molecular complexity index is 1450. The van der Waals surface area contributed by atoms with Crippen LogP contribution >= 0.6 is 0 Å². The Morgan fingerprint density at radius 1 is 1.11 bits per heavy atom. The van der Waals surface area contributed by atoms with Gasteiger partial charge in [-0.2, -0.15) is 8.42 Å². The Kier molecular flexibility index (Phi) is 7.48. The van der Waals surface area contributed by atoms with Gasteiger partial charge >= 0.3 is 0 Å². The Balaban J connectivity index is 0.000000556. The van der Waals surface area contributed by atoms with Gasteiger partial charge in [0.25, 0.3) is 10.1 Å². The molecular weight excluding hydrogens is 489 g/mol. The van der Waals surface area contributed by atoms with Crippen LogP contribution in [0, 0.1) is 5.82 Å². The summed E-state index contributed by atoms with van der Waals surface area (Å²) in [5.41, 5.74) is 2.07. The third kappa shape index (κ3) is 5.78. The lowest BCUT2D eigenvalue weighted by atomic mass is 9.88. The van der Waals surface area contributed by atoms with Gasteiger partial charge in [-0.1, -0.05) is 24.3 Å². The van der Waals surface area contributed by atoms with Crippen molar-refractivity contribution in [2.45, 2.75) is 12.5 Å². The van der Waals surface area contributed by atoms with Crippen LogP contribution in [0.4, 0.5) is 10.3 Å². The molecule has 0 amide bonds. The summed E-state index contributed by atoms with van der Waals surface area (Å²) < 4.78 is 51.9. The van der Waals surface area contributed by atoms with E-state index >= 15 is 0 Å². The highest BCUT2D eigenvalue weighted by molar-refractivity contribution is 7.85. The number of rotatable bonds is 6. The summed E-state index contributed by atoms with van der Waals surface area (Å²) in [6, 6.07) is 14.8. The highest BCUT2D eigenvalue weighted by atomic mass is 32.2. The maximum absolute atomic E-state index is 13.6. The van der Waals surface area contributed by atoms with Gasteiger partial charge in [-0.3, -0.25) is 9.12 Å². The number of hydrogen-bond donors (Lipinski definition) is 1. The molecule has 2 aromatic carbocycles. The van der Waals surface area contributed by atoms with Crippen LogP contribution in [-0.2, 0) is 21.5 Å². The molecule has 0 aliphatic carbocycles. The molecule has 1 N–H and O–H groups in total. The fourth-order valence-corrected chi connectivity index (χ4v) is 4.10. The minimum absolute atomic E-state index is 0.216. The van der Waals surface area contributed by atoms with Crippen molar-refractivity contribution in [3.8, 4) is 11.6 Å². The molecule has 1 fully saturated rings. The first kappa shape index (κ1) is 25.5. The van der Waals surface area contributed by atoms with Crippen LogP contribution in [0.2, 0.25) is 0 Å². The van der Waals surface area contributed by atoms with E-state index in [0.717, 1.165) is 35.5 Å². The zero-order valence-electron chi connectivity index (χ0n) is 20.0. The summed E-state index contributed by atoms with van der Waals surface area (Å²) in [4.78, 5) is 6.50. The molecule has 3 heterocycles. The minimum Gasteiger partial charge on any atom is -0.481 e. The molecule has 0 bridgehead atoms. The average molecular weight is 516 g/mol. The predicted octanol–water partition coefficient (Wildman–Crippen LogP) is 3.22. The molecule has 1 saturated heterocycles. The monoisotopic (exact) mass is 515 g/mol. The lowest BCUT2D eigenvalue weighted by Gasteiger charge is -2.40. The van der Waals surface area contributed by atoms with Gasteiger partial charge < -0.3 is 14.4 Å². The Morgan fingerprint density at radius 2 is 1.86 bits per heavy atom. The SMILES string of the molecule is COCc1nnc(N2CC(c3cccc4cc(F)ccc34)C2)n1-c1ccc(OC)nc1.CS(=O)(=O)O. The van der Waals surface area contributed by atoms with Crippen molar-refractivity contribution < 1.29 is 26.8 Å². The van der Waals surface area contributed by atoms with Crippen molar-refractivity contribution in [1.82, 2.24) is 19.7 Å². The number of halogens is 1. The summed E-state index contributed by atoms with van der Waals surface area (Å²) in [6.07, 6.45) is 2.45. The van der Waals surface area contributed by atoms with Crippen LogP contribution in [0.25, 0.3) is 16.5 Å². The number of ether oxygens (including phenoxy) is 2. The summed E-state index contributed by atoms with van der Waals surface area (Å²) in [5, 5.41) is 10.8. The van der Waals surface area contributed by atoms with Crippen molar-refractivity contribution in [1.29, 1.82) is 0 Å². The Labute approximate surface area is 208 Å². The summed E-state index contributed by atoms with van der Waals surface area (Å²) in [7, 11) is -0.446. The molecule has 190 valence electrons. The quantitative estimate of drug-likeness (QED) is 0.386. The molecule has 2 aromatic heterocycles.